The molecule has 0 aromatic heterocycles. The van der Waals surface area contributed by atoms with E-state index < -0.39 is 5.91 Å². The van der Waals surface area contributed by atoms with E-state index in [2.05, 4.69) is 70.2 Å². The van der Waals surface area contributed by atoms with E-state index in [0.29, 0.717) is 0 Å². The molecule has 0 bridgehead atoms. The second-order valence-electron chi connectivity index (χ2n) is 2.12. The highest BCUT2D eigenvalue weighted by Crippen LogP contribution is 1.61. The molecule has 0 aromatic rings. The average Bonchev–Trinajstić information content (AvgIpc) is 2.23. The number of hydrogen-bond donors (Lipinski definition) is 3. The van der Waals surface area contributed by atoms with Gasteiger partial charge in [0.25, 0.3) is 0 Å². The lowest BCUT2D eigenvalue weighted by Gasteiger charge is -1.82. The van der Waals surface area contributed by atoms with Gasteiger partial charge < -0.3 is 0 Å². The van der Waals surface area contributed by atoms with E-state index in [-0.39, 0.29) is 5.91 Å². The van der Waals surface area contributed by atoms with Gasteiger partial charge in [-0.25, -0.2) is 0 Å². The van der Waals surface area contributed by atoms with E-state index in [1.807, 2.05) is 0 Å². The Kier molecular flexibility index (Phi) is 7.69. The molecule has 0 aromatic carbocycles. The van der Waals surface area contributed by atoms with Gasteiger partial charge in [0.2, 0.25) is 5.91 Å². The van der Waals surface area contributed by atoms with Crippen molar-refractivity contribution in [2.75, 3.05) is 0 Å². The fraction of sp³-hybridized carbons (Fsp3) is 0.0909. The summed E-state index contributed by atoms with van der Waals surface area (Å²) in [5.74, 6) is 10.3. The Hall–Kier alpha value is -2.47. The second kappa shape index (κ2) is 9.10. The van der Waals surface area contributed by atoms with Crippen LogP contribution in [0.25, 0.3) is 0 Å². The van der Waals surface area contributed by atoms with Crippen molar-refractivity contribution in [1.29, 1.82) is 0 Å². The second-order valence-corrected chi connectivity index (χ2v) is 2.35. The predicted molar refractivity (Wildman–Crippen MR) is 62.0 cm³/mol. The van der Waals surface area contributed by atoms with Crippen molar-refractivity contribution in [2.45, 2.75) is 6.92 Å². The molecule has 5 heteroatoms. The zero-order valence-corrected chi connectivity index (χ0v) is 9.16. The van der Waals surface area contributed by atoms with Crippen LogP contribution in [0.1, 0.15) is 6.92 Å². The molecule has 0 aliphatic carbocycles. The van der Waals surface area contributed by atoms with Gasteiger partial charge in [0.15, 0.2) is 0 Å². The molecule has 0 saturated carbocycles. The van der Waals surface area contributed by atoms with Gasteiger partial charge >= 0.3 is 5.91 Å². The normalized spacial score (nSPS) is 5.88. The zero-order valence-electron chi connectivity index (χ0n) is 8.26. The molecule has 0 unspecified atom stereocenters. The summed E-state index contributed by atoms with van der Waals surface area (Å²) in [4.78, 5) is 21.3. The maximum Gasteiger partial charge on any atom is 0.308 e. The maximum absolute atomic E-state index is 10.9. The SMILES string of the molecule is CC(=O)NC#CC#CC(=O)NC#CC#CS. The Bertz CT molecular complexity index is 521. The number of carbonyl (C=O) groups is 2. The van der Waals surface area contributed by atoms with Crippen molar-refractivity contribution in [1.82, 2.24) is 10.6 Å². The molecule has 0 spiro atoms. The highest BCUT2D eigenvalue weighted by Gasteiger charge is 1.86. The van der Waals surface area contributed by atoms with Crippen LogP contribution in [0.4, 0.5) is 0 Å². The molecule has 0 heterocycles. The monoisotopic (exact) mass is 230 g/mol. The Balaban J connectivity index is 4.09. The fourth-order valence-electron chi connectivity index (χ4n) is 0.417. The molecule has 2 N–H and O–H groups in total. The van der Waals surface area contributed by atoms with E-state index in [9.17, 15) is 9.59 Å². The van der Waals surface area contributed by atoms with Gasteiger partial charge in [-0.05, 0) is 17.1 Å². The van der Waals surface area contributed by atoms with Crippen molar-refractivity contribution >= 4 is 24.4 Å². The van der Waals surface area contributed by atoms with Gasteiger partial charge in [-0.2, -0.15) is 0 Å². The minimum absolute atomic E-state index is 0.296. The summed E-state index contributed by atoms with van der Waals surface area (Å²) in [6.45, 7) is 1.31. The molecule has 0 fully saturated rings. The number of thiol groups is 1. The predicted octanol–water partition coefficient (Wildman–Crippen LogP) is -0.945. The zero-order chi connectivity index (χ0) is 12.2. The Morgan fingerprint density at radius 3 is 2.25 bits per heavy atom. The quantitative estimate of drug-likeness (QED) is 0.286. The molecular formula is C11H6N2O2S. The largest absolute Gasteiger partial charge is 0.308 e. The van der Waals surface area contributed by atoms with Crippen LogP contribution >= 0.6 is 12.6 Å². The number of nitrogens with one attached hydrogen (secondary N) is 2. The van der Waals surface area contributed by atoms with Crippen LogP contribution in [0.3, 0.4) is 0 Å². The van der Waals surface area contributed by atoms with Gasteiger partial charge in [-0.3, -0.25) is 20.2 Å². The molecular weight excluding hydrogens is 224 g/mol. The van der Waals surface area contributed by atoms with Crippen LogP contribution in [0.15, 0.2) is 0 Å². The minimum Gasteiger partial charge on any atom is -0.285 e. The Morgan fingerprint density at radius 1 is 1.00 bits per heavy atom. The number of hydrogen-bond acceptors (Lipinski definition) is 3. The van der Waals surface area contributed by atoms with Gasteiger partial charge in [0.05, 0.1) is 0 Å². The molecule has 78 valence electrons. The maximum atomic E-state index is 10.9. The van der Waals surface area contributed by atoms with Crippen LogP contribution in [0.5, 0.6) is 0 Å². The van der Waals surface area contributed by atoms with Crippen LogP contribution < -0.4 is 10.6 Å². The molecule has 0 aliphatic heterocycles. The first-order chi connectivity index (χ1) is 7.66. The molecule has 0 rings (SSSR count). The first-order valence-electron chi connectivity index (χ1n) is 3.88. The molecule has 16 heavy (non-hydrogen) atoms. The number of carbonyl (C=O) groups excluding carboxylic acids is 2. The minimum atomic E-state index is -0.606. The van der Waals surface area contributed by atoms with Gasteiger partial charge in [0, 0.05) is 36.8 Å². The Labute approximate surface area is 99.0 Å². The van der Waals surface area contributed by atoms with E-state index in [1.54, 1.807) is 0 Å². The lowest BCUT2D eigenvalue weighted by atomic mass is 10.5. The van der Waals surface area contributed by atoms with E-state index >= 15 is 0 Å². The summed E-state index contributed by atoms with van der Waals surface area (Å²) in [5, 5.41) is 6.57. The summed E-state index contributed by atoms with van der Waals surface area (Å²) in [5.41, 5.74) is 0. The highest BCUT2D eigenvalue weighted by molar-refractivity contribution is 7.85. The lowest BCUT2D eigenvalue weighted by Crippen LogP contribution is -2.14. The van der Waals surface area contributed by atoms with Crippen molar-refractivity contribution < 1.29 is 9.59 Å². The van der Waals surface area contributed by atoms with Crippen molar-refractivity contribution in [2.24, 2.45) is 0 Å². The molecule has 4 nitrogen and oxygen atoms in total. The lowest BCUT2D eigenvalue weighted by molar-refractivity contribution is -0.118. The molecule has 2 amide bonds. The molecule has 0 radical (unpaired) electrons. The highest BCUT2D eigenvalue weighted by atomic mass is 32.1. The van der Waals surface area contributed by atoms with Crippen LogP contribution in [-0.4, -0.2) is 11.8 Å². The van der Waals surface area contributed by atoms with E-state index in [1.165, 1.54) is 6.92 Å². The number of rotatable bonds is 0. The van der Waals surface area contributed by atoms with Gasteiger partial charge in [0.1, 0.15) is 0 Å². The first kappa shape index (κ1) is 13.5. The van der Waals surface area contributed by atoms with E-state index in [4.69, 9.17) is 0 Å². The third kappa shape index (κ3) is 9.62. The third-order valence-electron chi connectivity index (χ3n) is 0.896. The summed E-state index contributed by atoms with van der Waals surface area (Å²) in [7, 11) is 0. The van der Waals surface area contributed by atoms with Crippen LogP contribution in [-0.2, 0) is 9.59 Å². The summed E-state index contributed by atoms with van der Waals surface area (Å²) in [6.07, 6.45) is 0. The van der Waals surface area contributed by atoms with E-state index in [0.717, 1.165) is 0 Å². The van der Waals surface area contributed by atoms with Crippen LogP contribution in [0, 0.1) is 46.9 Å². The fourth-order valence-corrected chi connectivity index (χ4v) is 0.473. The number of amides is 2. The third-order valence-corrected chi connectivity index (χ3v) is 1.01. The molecule has 0 aliphatic rings. The van der Waals surface area contributed by atoms with Gasteiger partial charge in [-0.15, -0.1) is 0 Å². The van der Waals surface area contributed by atoms with Crippen molar-refractivity contribution in [3.8, 4) is 46.9 Å². The average molecular weight is 230 g/mol. The van der Waals surface area contributed by atoms with Crippen molar-refractivity contribution in [3.05, 3.63) is 0 Å². The summed E-state index contributed by atoms with van der Waals surface area (Å²) >= 11 is 3.58. The molecule has 0 saturated heterocycles. The Morgan fingerprint density at radius 2 is 1.62 bits per heavy atom. The van der Waals surface area contributed by atoms with Gasteiger partial charge in [-0.1, -0.05) is 12.6 Å². The van der Waals surface area contributed by atoms with Crippen molar-refractivity contribution in [3.63, 3.8) is 0 Å². The molecule has 0 atom stereocenters. The first-order valence-corrected chi connectivity index (χ1v) is 4.33. The standard InChI is InChI=1S/C11H6N2O2S/c1-10(14)12-7-3-2-6-11(15)13-8-4-5-9-16/h16H,1H3,(H,12,14)(H,13,15). The van der Waals surface area contributed by atoms with Crippen LogP contribution in [0.2, 0.25) is 0 Å². The smallest absolute Gasteiger partial charge is 0.285 e. The summed E-state index contributed by atoms with van der Waals surface area (Å²) < 4.78 is 0. The summed E-state index contributed by atoms with van der Waals surface area (Å²) in [6, 6.07) is 4.50. The topological polar surface area (TPSA) is 58.2 Å².